The molecule has 2 fully saturated rings. The zero-order valence-corrected chi connectivity index (χ0v) is 29.8. The second-order valence-electron chi connectivity index (χ2n) is 12.9. The topological polar surface area (TPSA) is 147 Å². The number of likely N-dealkylation sites (N-methyl/N-ethyl adjacent to an activating group) is 1. The van der Waals surface area contributed by atoms with Crippen LogP contribution in [-0.4, -0.2) is 78.1 Å². The summed E-state index contributed by atoms with van der Waals surface area (Å²) in [5.41, 5.74) is 0.180. The lowest BCUT2D eigenvalue weighted by atomic mass is 9.83. The molecular formula is C36H53ClN4O7. The first-order valence-electron chi connectivity index (χ1n) is 16.8. The Morgan fingerprint density at radius 1 is 1.12 bits per heavy atom. The highest BCUT2D eigenvalue weighted by atomic mass is 35.5. The summed E-state index contributed by atoms with van der Waals surface area (Å²) < 4.78 is 10.2. The summed E-state index contributed by atoms with van der Waals surface area (Å²) in [5, 5.41) is 6.99. The first-order chi connectivity index (χ1) is 22.8. The van der Waals surface area contributed by atoms with Crippen molar-refractivity contribution in [3.8, 4) is 0 Å². The molecule has 48 heavy (non-hydrogen) atoms. The number of carbonyl (C=O) groups is 4. The third kappa shape index (κ3) is 13.4. The van der Waals surface area contributed by atoms with Crippen molar-refractivity contribution in [1.82, 2.24) is 20.5 Å². The van der Waals surface area contributed by atoms with Gasteiger partial charge < -0.3 is 34.8 Å². The highest BCUT2D eigenvalue weighted by molar-refractivity contribution is 6.31. The van der Waals surface area contributed by atoms with Crippen molar-refractivity contribution in [3.63, 3.8) is 0 Å². The van der Waals surface area contributed by atoms with Crippen LogP contribution < -0.4 is 16.1 Å². The molecule has 3 atom stereocenters. The molecular weight excluding hydrogens is 636 g/mol. The van der Waals surface area contributed by atoms with Gasteiger partial charge in [0, 0.05) is 29.2 Å². The number of pyridine rings is 1. The van der Waals surface area contributed by atoms with E-state index in [-0.39, 0.29) is 35.3 Å². The zero-order valence-electron chi connectivity index (χ0n) is 29.0. The number of carbonyl (C=O) groups excluding carboxylic acids is 4. The number of rotatable bonds is 10. The Hall–Kier alpha value is -3.70. The number of likely N-dealkylation sites (tertiary alicyclic amines) is 1. The average molecular weight is 689 g/mol. The molecule has 11 nitrogen and oxygen atoms in total. The van der Waals surface area contributed by atoms with Crippen LogP contribution in [0.15, 0.2) is 47.9 Å². The van der Waals surface area contributed by atoms with Crippen LogP contribution in [0.1, 0.15) is 85.5 Å². The normalized spacial score (nSPS) is 17.5. The minimum absolute atomic E-state index is 0.0143. The smallest absolute Gasteiger partial charge is 0.408 e. The Morgan fingerprint density at radius 3 is 2.44 bits per heavy atom. The van der Waals surface area contributed by atoms with Crippen LogP contribution in [-0.2, 0) is 23.9 Å². The summed E-state index contributed by atoms with van der Waals surface area (Å²) in [6.45, 7) is 11.8. The van der Waals surface area contributed by atoms with Crippen molar-refractivity contribution in [2.75, 3.05) is 20.2 Å². The predicted octanol–water partition coefficient (Wildman–Crippen LogP) is 5.94. The lowest BCUT2D eigenvalue weighted by Gasteiger charge is -2.34. The number of amides is 2. The van der Waals surface area contributed by atoms with Gasteiger partial charge in [0.2, 0.25) is 5.91 Å². The number of halogens is 1. The molecule has 2 aromatic rings. The van der Waals surface area contributed by atoms with E-state index in [4.69, 9.17) is 21.1 Å². The van der Waals surface area contributed by atoms with E-state index in [9.17, 15) is 24.0 Å². The minimum Gasteiger partial charge on any atom is -0.465 e. The molecule has 2 aliphatic rings. The molecule has 0 bridgehead atoms. The molecule has 1 aliphatic carbocycles. The molecule has 3 unspecified atom stereocenters. The Balaban J connectivity index is 0.000000279. The number of aromatic nitrogens is 1. The van der Waals surface area contributed by atoms with Crippen LogP contribution in [0, 0.1) is 5.92 Å². The third-order valence-corrected chi connectivity index (χ3v) is 8.33. The molecule has 1 saturated carbocycles. The number of alkyl carbamates (subject to hydrolysis) is 1. The maximum absolute atomic E-state index is 13.0. The fourth-order valence-electron chi connectivity index (χ4n) is 5.72. The van der Waals surface area contributed by atoms with Crippen LogP contribution in [0.5, 0.6) is 0 Å². The molecule has 266 valence electrons. The quantitative estimate of drug-likeness (QED) is 0.158. The number of ether oxygens (including phenoxy) is 2. The number of nitrogens with zero attached hydrogens (tertiary/aromatic N) is 1. The number of nitrogens with one attached hydrogen (secondary N) is 3. The van der Waals surface area contributed by atoms with E-state index >= 15 is 0 Å². The van der Waals surface area contributed by atoms with Crippen LogP contribution >= 0.6 is 11.6 Å². The fraction of sp³-hybridized carbons (Fsp3) is 0.583. The second kappa shape index (κ2) is 20.6. The van der Waals surface area contributed by atoms with Crippen molar-refractivity contribution >= 4 is 46.8 Å². The monoisotopic (exact) mass is 688 g/mol. The van der Waals surface area contributed by atoms with Crippen molar-refractivity contribution in [2.45, 2.75) is 109 Å². The molecule has 3 N–H and O–H groups in total. The second-order valence-corrected chi connectivity index (χ2v) is 13.3. The maximum Gasteiger partial charge on any atom is 0.408 e. The van der Waals surface area contributed by atoms with Gasteiger partial charge in [-0.25, -0.2) is 4.79 Å². The highest BCUT2D eigenvalue weighted by Crippen LogP contribution is 2.29. The molecule has 4 rings (SSSR count). The molecule has 12 heteroatoms. The number of H-pyrrole nitrogens is 1. The van der Waals surface area contributed by atoms with E-state index in [0.717, 1.165) is 56.7 Å². The summed E-state index contributed by atoms with van der Waals surface area (Å²) in [5.74, 6) is -0.198. The predicted molar refractivity (Wildman–Crippen MR) is 189 cm³/mol. The number of aromatic amines is 1. The molecule has 2 amide bonds. The van der Waals surface area contributed by atoms with Gasteiger partial charge in [0.25, 0.3) is 0 Å². The number of hydrogen-bond donors (Lipinski definition) is 3. The van der Waals surface area contributed by atoms with Crippen LogP contribution in [0.3, 0.4) is 0 Å². The summed E-state index contributed by atoms with van der Waals surface area (Å²) in [6, 6.07) is 5.51. The molecule has 1 aromatic heterocycles. The number of hydrogen-bond acceptors (Lipinski definition) is 8. The van der Waals surface area contributed by atoms with Crippen molar-refractivity contribution in [1.29, 1.82) is 0 Å². The van der Waals surface area contributed by atoms with E-state index in [1.807, 2.05) is 0 Å². The third-order valence-electron chi connectivity index (χ3n) is 8.10. The largest absolute Gasteiger partial charge is 0.465 e. The van der Waals surface area contributed by atoms with Crippen LogP contribution in [0.25, 0.3) is 10.9 Å². The van der Waals surface area contributed by atoms with E-state index in [2.05, 4.69) is 22.2 Å². The number of aldehydes is 1. The van der Waals surface area contributed by atoms with Gasteiger partial charge in [-0.2, -0.15) is 0 Å². The maximum atomic E-state index is 13.0. The number of allylic oxidation sites excluding steroid dienone is 1. The molecule has 1 aromatic carbocycles. The molecule has 1 aliphatic heterocycles. The molecule has 2 heterocycles. The van der Waals surface area contributed by atoms with Gasteiger partial charge in [-0.1, -0.05) is 36.9 Å². The Labute approximate surface area is 289 Å². The van der Waals surface area contributed by atoms with E-state index < -0.39 is 17.7 Å². The lowest BCUT2D eigenvalue weighted by molar-refractivity contribution is -0.145. The lowest BCUT2D eigenvalue weighted by Crippen LogP contribution is -2.54. The number of benzene rings is 1. The van der Waals surface area contributed by atoms with Crippen molar-refractivity contribution in [3.05, 3.63) is 58.4 Å². The Bertz CT molecular complexity index is 1400. The first kappa shape index (κ1) is 40.5. The SMILES string of the molecule is C=CCCC(NC)C(=O)OCC.CC(C)(C)OC(=O)NC(C(=O)N1CCCC1C=O)C1CCCCC1.O=c1cc[nH]c2cc(Cl)ccc12. The average Bonchev–Trinajstić information content (AvgIpc) is 3.53. The van der Waals surface area contributed by atoms with Gasteiger partial charge in [0.1, 0.15) is 24.0 Å². The summed E-state index contributed by atoms with van der Waals surface area (Å²) >= 11 is 5.75. The summed E-state index contributed by atoms with van der Waals surface area (Å²) in [4.78, 5) is 63.4. The van der Waals surface area contributed by atoms with Crippen LogP contribution in [0.4, 0.5) is 4.79 Å². The molecule has 1 saturated heterocycles. The first-order valence-corrected chi connectivity index (χ1v) is 17.2. The highest BCUT2D eigenvalue weighted by Gasteiger charge is 2.38. The van der Waals surface area contributed by atoms with Gasteiger partial charge in [0.05, 0.1) is 18.2 Å². The van der Waals surface area contributed by atoms with Gasteiger partial charge in [0.15, 0.2) is 5.43 Å². The standard InChI is InChI=1S/C18H30N2O4.C9H6ClNO.C9H17NO2/c1-18(2,3)24-17(23)19-15(13-8-5-4-6-9-13)16(22)20-11-7-10-14(20)12-21;10-6-1-2-7-8(5-6)11-4-3-9(7)12;1-4-6-7-8(10-3)9(11)12-5-2/h12-15H,4-11H2,1-3H3,(H,19,23);1-5H,(H,11,12);4,8,10H,1,5-7H2,2-3H3. The molecule has 0 radical (unpaired) electrons. The van der Waals surface area contributed by atoms with Crippen molar-refractivity contribution in [2.24, 2.45) is 5.92 Å². The summed E-state index contributed by atoms with van der Waals surface area (Å²) in [6.07, 6.45) is 12.0. The fourth-order valence-corrected chi connectivity index (χ4v) is 5.90. The Kier molecular flexibility index (Phi) is 17.4. The van der Waals surface area contributed by atoms with E-state index in [0.29, 0.717) is 30.0 Å². The van der Waals surface area contributed by atoms with Gasteiger partial charge in [-0.15, -0.1) is 6.58 Å². The van der Waals surface area contributed by atoms with E-state index in [1.165, 1.54) is 12.5 Å². The van der Waals surface area contributed by atoms with Gasteiger partial charge in [-0.05, 0) is 97.4 Å². The Morgan fingerprint density at radius 2 is 1.83 bits per heavy atom. The number of esters is 1. The van der Waals surface area contributed by atoms with Crippen molar-refractivity contribution < 1.29 is 28.7 Å². The summed E-state index contributed by atoms with van der Waals surface area (Å²) in [7, 11) is 1.75. The van der Waals surface area contributed by atoms with E-state index in [1.54, 1.807) is 70.1 Å². The molecule has 0 spiro atoms. The zero-order chi connectivity index (χ0) is 35.7. The van der Waals surface area contributed by atoms with Gasteiger partial charge >= 0.3 is 12.1 Å². The minimum atomic E-state index is -0.608. The van der Waals surface area contributed by atoms with Crippen LogP contribution in [0.2, 0.25) is 5.02 Å². The number of fused-ring (bicyclic) bond motifs is 1. The van der Waals surface area contributed by atoms with Gasteiger partial charge in [-0.3, -0.25) is 14.4 Å².